The second-order valence-electron chi connectivity index (χ2n) is 4.62. The van der Waals surface area contributed by atoms with Crippen LogP contribution in [-0.2, 0) is 0 Å². The molecule has 0 unspecified atom stereocenters. The lowest BCUT2D eigenvalue weighted by Crippen LogP contribution is -2.31. The molecule has 0 saturated carbocycles. The summed E-state index contributed by atoms with van der Waals surface area (Å²) < 4.78 is 27.2. The first-order valence-corrected chi connectivity index (χ1v) is 6.16. The summed E-state index contributed by atoms with van der Waals surface area (Å²) in [5.74, 6) is -1.50. The summed E-state index contributed by atoms with van der Waals surface area (Å²) in [5, 5.41) is 16.4. The van der Waals surface area contributed by atoms with Crippen LogP contribution in [0.15, 0.2) is 12.1 Å². The molecule has 1 saturated heterocycles. The Hall–Kier alpha value is -1.76. The monoisotopic (exact) mass is 271 g/mol. The van der Waals surface area contributed by atoms with Crippen LogP contribution in [0.2, 0.25) is 0 Å². The molecule has 0 aliphatic carbocycles. The molecule has 1 fully saturated rings. The van der Waals surface area contributed by atoms with Gasteiger partial charge in [-0.2, -0.15) is 0 Å². The Bertz CT molecular complexity index is 453. The van der Waals surface area contributed by atoms with Gasteiger partial charge in [0, 0.05) is 6.54 Å². The van der Waals surface area contributed by atoms with Gasteiger partial charge in [0.05, 0.1) is 17.1 Å². The summed E-state index contributed by atoms with van der Waals surface area (Å²) in [6.07, 6.45) is 1.90. The van der Waals surface area contributed by atoms with Gasteiger partial charge in [-0.15, -0.1) is 0 Å². The highest BCUT2D eigenvalue weighted by atomic mass is 19.1. The van der Waals surface area contributed by atoms with Crippen molar-refractivity contribution in [3.63, 3.8) is 0 Å². The van der Waals surface area contributed by atoms with Gasteiger partial charge < -0.3 is 10.6 Å². The number of halogens is 2. The highest BCUT2D eigenvalue weighted by molar-refractivity contribution is 5.51. The predicted octanol–water partition coefficient (Wildman–Crippen LogP) is 2.28. The molecule has 5 nitrogen and oxygen atoms in total. The number of benzene rings is 1. The van der Waals surface area contributed by atoms with Gasteiger partial charge in [-0.3, -0.25) is 10.1 Å². The lowest BCUT2D eigenvalue weighted by atomic mass is 9.98. The molecule has 1 aromatic carbocycles. The Morgan fingerprint density at radius 2 is 1.89 bits per heavy atom. The van der Waals surface area contributed by atoms with Crippen molar-refractivity contribution in [2.45, 2.75) is 12.8 Å². The molecule has 19 heavy (non-hydrogen) atoms. The van der Waals surface area contributed by atoms with E-state index in [0.717, 1.165) is 38.1 Å². The van der Waals surface area contributed by atoms with E-state index in [1.165, 1.54) is 0 Å². The van der Waals surface area contributed by atoms with E-state index >= 15 is 0 Å². The minimum absolute atomic E-state index is 0.288. The quantitative estimate of drug-likeness (QED) is 0.651. The van der Waals surface area contributed by atoms with Crippen molar-refractivity contribution in [3.05, 3.63) is 33.9 Å². The molecular formula is C12H15F2N3O2. The van der Waals surface area contributed by atoms with Crippen LogP contribution in [0.5, 0.6) is 0 Å². The third-order valence-corrected chi connectivity index (χ3v) is 3.26. The largest absolute Gasteiger partial charge is 0.380 e. The van der Waals surface area contributed by atoms with Gasteiger partial charge in [0.25, 0.3) is 5.69 Å². The first-order chi connectivity index (χ1) is 9.08. The molecule has 0 amide bonds. The van der Waals surface area contributed by atoms with Crippen molar-refractivity contribution in [3.8, 4) is 0 Å². The first-order valence-electron chi connectivity index (χ1n) is 6.16. The van der Waals surface area contributed by atoms with E-state index in [1.807, 2.05) is 0 Å². The average molecular weight is 271 g/mol. The SMILES string of the molecule is O=[N+]([O-])c1cc(F)c(NCC2CCNCC2)c(F)c1. The van der Waals surface area contributed by atoms with Gasteiger partial charge in [0.1, 0.15) is 5.69 Å². The van der Waals surface area contributed by atoms with Crippen molar-refractivity contribution in [2.24, 2.45) is 5.92 Å². The van der Waals surface area contributed by atoms with Crippen molar-refractivity contribution in [2.75, 3.05) is 25.0 Å². The molecule has 1 heterocycles. The van der Waals surface area contributed by atoms with Crippen LogP contribution in [0.4, 0.5) is 20.2 Å². The Morgan fingerprint density at radius 1 is 1.32 bits per heavy atom. The minimum Gasteiger partial charge on any atom is -0.380 e. The van der Waals surface area contributed by atoms with Gasteiger partial charge in [0.15, 0.2) is 11.6 Å². The van der Waals surface area contributed by atoms with E-state index < -0.39 is 22.2 Å². The second-order valence-corrected chi connectivity index (χ2v) is 4.62. The summed E-state index contributed by atoms with van der Waals surface area (Å²) in [6.45, 7) is 2.27. The second kappa shape index (κ2) is 5.92. The molecule has 0 spiro atoms. The van der Waals surface area contributed by atoms with Crippen LogP contribution in [0.1, 0.15) is 12.8 Å². The molecule has 0 atom stereocenters. The molecule has 2 rings (SSSR count). The maximum Gasteiger partial charge on any atom is 0.275 e. The lowest BCUT2D eigenvalue weighted by Gasteiger charge is -2.23. The first kappa shape index (κ1) is 13.7. The summed E-state index contributed by atoms with van der Waals surface area (Å²) in [7, 11) is 0. The molecule has 1 aliphatic heterocycles. The van der Waals surface area contributed by atoms with Crippen LogP contribution in [-0.4, -0.2) is 24.6 Å². The third-order valence-electron chi connectivity index (χ3n) is 3.26. The summed E-state index contributed by atoms with van der Waals surface area (Å²) in [4.78, 5) is 9.65. The fourth-order valence-electron chi connectivity index (χ4n) is 2.17. The van der Waals surface area contributed by atoms with Crippen LogP contribution in [0.3, 0.4) is 0 Å². The highest BCUT2D eigenvalue weighted by Gasteiger charge is 2.18. The smallest absolute Gasteiger partial charge is 0.275 e. The van der Waals surface area contributed by atoms with Gasteiger partial charge in [-0.1, -0.05) is 0 Å². The number of anilines is 1. The number of nitro groups is 1. The number of nitrogens with zero attached hydrogens (tertiary/aromatic N) is 1. The maximum atomic E-state index is 13.6. The summed E-state index contributed by atoms with van der Waals surface area (Å²) >= 11 is 0. The minimum atomic E-state index is -0.930. The number of rotatable bonds is 4. The number of nitro benzene ring substituents is 1. The van der Waals surface area contributed by atoms with Crippen molar-refractivity contribution >= 4 is 11.4 Å². The van der Waals surface area contributed by atoms with Gasteiger partial charge in [-0.05, 0) is 31.8 Å². The van der Waals surface area contributed by atoms with E-state index in [1.54, 1.807) is 0 Å². The zero-order chi connectivity index (χ0) is 13.8. The number of piperidine rings is 1. The maximum absolute atomic E-state index is 13.6. The van der Waals surface area contributed by atoms with E-state index in [2.05, 4.69) is 10.6 Å². The van der Waals surface area contributed by atoms with Crippen LogP contribution in [0.25, 0.3) is 0 Å². The number of non-ortho nitro benzene ring substituents is 1. The average Bonchev–Trinajstić information content (AvgIpc) is 2.38. The van der Waals surface area contributed by atoms with Gasteiger partial charge >= 0.3 is 0 Å². The lowest BCUT2D eigenvalue weighted by molar-refractivity contribution is -0.385. The fourth-order valence-corrected chi connectivity index (χ4v) is 2.17. The zero-order valence-electron chi connectivity index (χ0n) is 10.3. The zero-order valence-corrected chi connectivity index (χ0v) is 10.3. The predicted molar refractivity (Wildman–Crippen MR) is 67.1 cm³/mol. The van der Waals surface area contributed by atoms with Crippen molar-refractivity contribution < 1.29 is 13.7 Å². The molecule has 0 bridgehead atoms. The third kappa shape index (κ3) is 3.37. The molecule has 7 heteroatoms. The van der Waals surface area contributed by atoms with E-state index in [9.17, 15) is 18.9 Å². The number of hydrogen-bond donors (Lipinski definition) is 2. The van der Waals surface area contributed by atoms with Crippen LogP contribution in [0, 0.1) is 27.7 Å². The van der Waals surface area contributed by atoms with Crippen molar-refractivity contribution in [1.29, 1.82) is 0 Å². The topological polar surface area (TPSA) is 67.2 Å². The molecule has 0 radical (unpaired) electrons. The molecule has 2 N–H and O–H groups in total. The van der Waals surface area contributed by atoms with Gasteiger partial charge in [0.2, 0.25) is 0 Å². The molecule has 0 aromatic heterocycles. The van der Waals surface area contributed by atoms with Crippen LogP contribution >= 0.6 is 0 Å². The van der Waals surface area contributed by atoms with E-state index in [0.29, 0.717) is 12.5 Å². The molecule has 1 aromatic rings. The Labute approximate surface area is 109 Å². The van der Waals surface area contributed by atoms with Crippen molar-refractivity contribution in [1.82, 2.24) is 5.32 Å². The standard InChI is InChI=1S/C12H15F2N3O2/c13-10-5-9(17(18)19)6-11(14)12(10)16-7-8-1-3-15-4-2-8/h5-6,8,15-16H,1-4,7H2. The Morgan fingerprint density at radius 3 is 2.42 bits per heavy atom. The highest BCUT2D eigenvalue weighted by Crippen LogP contribution is 2.25. The van der Waals surface area contributed by atoms with Crippen LogP contribution < -0.4 is 10.6 Å². The van der Waals surface area contributed by atoms with E-state index in [4.69, 9.17) is 0 Å². The molecule has 104 valence electrons. The molecular weight excluding hydrogens is 256 g/mol. The summed E-state index contributed by atoms with van der Waals surface area (Å²) in [5.41, 5.74) is -0.869. The van der Waals surface area contributed by atoms with E-state index in [-0.39, 0.29) is 5.69 Å². The fraction of sp³-hybridized carbons (Fsp3) is 0.500. The molecule has 1 aliphatic rings. The number of hydrogen-bond acceptors (Lipinski definition) is 4. The normalized spacial score (nSPS) is 16.3. The Kier molecular flexibility index (Phi) is 4.26. The summed E-state index contributed by atoms with van der Waals surface area (Å²) in [6, 6.07) is 1.46. The number of nitrogens with one attached hydrogen (secondary N) is 2. The Balaban J connectivity index is 2.05. The van der Waals surface area contributed by atoms with Gasteiger partial charge in [-0.25, -0.2) is 8.78 Å².